The van der Waals surface area contributed by atoms with Gasteiger partial charge in [-0.05, 0) is 31.5 Å². The lowest BCUT2D eigenvalue weighted by molar-refractivity contribution is -0.385. The van der Waals surface area contributed by atoms with Gasteiger partial charge < -0.3 is 10.8 Å². The Hall–Kier alpha value is -2.21. The Labute approximate surface area is 104 Å². The molecule has 0 fully saturated rings. The van der Waals surface area contributed by atoms with Crippen LogP contribution < -0.4 is 5.73 Å². The first-order valence-electron chi connectivity index (χ1n) is 5.36. The molecule has 96 valence electrons. The third-order valence-corrected chi connectivity index (χ3v) is 2.47. The summed E-state index contributed by atoms with van der Waals surface area (Å²) < 4.78 is 0. The van der Waals surface area contributed by atoms with Gasteiger partial charge in [-0.3, -0.25) is 10.1 Å². The largest absolute Gasteiger partial charge is 0.478 e. The van der Waals surface area contributed by atoms with Crippen LogP contribution in [0.5, 0.6) is 0 Å². The molecular weight excluding hydrogens is 236 g/mol. The van der Waals surface area contributed by atoms with Crippen LogP contribution in [0, 0.1) is 17.0 Å². The number of carbonyl (C=O) groups is 1. The zero-order chi connectivity index (χ0) is 13.7. The number of rotatable bonds is 5. The van der Waals surface area contributed by atoms with Crippen molar-refractivity contribution >= 4 is 17.7 Å². The van der Waals surface area contributed by atoms with Gasteiger partial charge in [0.15, 0.2) is 0 Å². The molecule has 0 saturated carbocycles. The third kappa shape index (κ3) is 3.14. The number of nitrogens with zero attached hydrogens (tertiary/aromatic N) is 1. The molecule has 0 bridgehead atoms. The molecule has 0 aromatic heterocycles. The highest BCUT2D eigenvalue weighted by Crippen LogP contribution is 2.24. The van der Waals surface area contributed by atoms with Crippen molar-refractivity contribution in [2.24, 2.45) is 5.73 Å². The minimum Gasteiger partial charge on any atom is -0.478 e. The van der Waals surface area contributed by atoms with E-state index in [0.29, 0.717) is 18.5 Å². The fourth-order valence-corrected chi connectivity index (χ4v) is 1.54. The maximum Gasteiger partial charge on any atom is 0.336 e. The van der Waals surface area contributed by atoms with Gasteiger partial charge in [0.05, 0.1) is 10.5 Å². The number of benzene rings is 1. The first kappa shape index (κ1) is 13.9. The van der Waals surface area contributed by atoms with E-state index in [4.69, 9.17) is 10.8 Å². The van der Waals surface area contributed by atoms with E-state index in [1.54, 1.807) is 12.2 Å². The van der Waals surface area contributed by atoms with Gasteiger partial charge in [0.2, 0.25) is 0 Å². The number of aromatic carboxylic acids is 1. The van der Waals surface area contributed by atoms with Crippen molar-refractivity contribution < 1.29 is 14.8 Å². The minimum absolute atomic E-state index is 0.0587. The number of nitro benzene ring substituents is 1. The number of nitrogens with two attached hydrogens (primary N) is 1. The monoisotopic (exact) mass is 250 g/mol. The van der Waals surface area contributed by atoms with Gasteiger partial charge in [-0.25, -0.2) is 4.79 Å². The van der Waals surface area contributed by atoms with Crippen LogP contribution in [-0.4, -0.2) is 22.5 Å². The molecule has 0 atom stereocenters. The molecule has 0 aliphatic heterocycles. The molecule has 1 rings (SSSR count). The van der Waals surface area contributed by atoms with Crippen molar-refractivity contribution in [1.29, 1.82) is 0 Å². The molecule has 0 unspecified atom stereocenters. The molecule has 0 saturated heterocycles. The normalized spacial score (nSPS) is 10.8. The van der Waals surface area contributed by atoms with Crippen LogP contribution in [-0.2, 0) is 0 Å². The van der Waals surface area contributed by atoms with Crippen LogP contribution in [0.2, 0.25) is 0 Å². The van der Waals surface area contributed by atoms with Gasteiger partial charge in [-0.15, -0.1) is 0 Å². The van der Waals surface area contributed by atoms with Gasteiger partial charge in [0.1, 0.15) is 0 Å². The highest BCUT2D eigenvalue weighted by Gasteiger charge is 2.19. The number of carboxylic acid groups (broad SMARTS) is 1. The van der Waals surface area contributed by atoms with E-state index < -0.39 is 10.9 Å². The first-order chi connectivity index (χ1) is 8.47. The summed E-state index contributed by atoms with van der Waals surface area (Å²) >= 11 is 0. The lowest BCUT2D eigenvalue weighted by Gasteiger charge is -2.04. The van der Waals surface area contributed by atoms with Crippen LogP contribution in [0.3, 0.4) is 0 Å². The van der Waals surface area contributed by atoms with Crippen LogP contribution in [0.25, 0.3) is 6.08 Å². The molecule has 6 nitrogen and oxygen atoms in total. The van der Waals surface area contributed by atoms with E-state index in [1.165, 1.54) is 19.1 Å². The summed E-state index contributed by atoms with van der Waals surface area (Å²) in [6.07, 6.45) is 4.01. The lowest BCUT2D eigenvalue weighted by Crippen LogP contribution is -2.04. The predicted molar refractivity (Wildman–Crippen MR) is 67.5 cm³/mol. The Balaban J connectivity index is 3.29. The molecular formula is C12H14N2O4. The van der Waals surface area contributed by atoms with Gasteiger partial charge in [0, 0.05) is 11.6 Å². The summed E-state index contributed by atoms with van der Waals surface area (Å²) in [7, 11) is 0. The average molecular weight is 250 g/mol. The standard InChI is InChI=1S/C12H14N2O4/c1-8-10(12(15)16)6-9(4-2-3-5-13)7-11(8)14(17)18/h2,4,6-7H,3,5,13H2,1H3,(H,15,16). The van der Waals surface area contributed by atoms with E-state index in [1.807, 2.05) is 0 Å². The Morgan fingerprint density at radius 3 is 2.72 bits per heavy atom. The van der Waals surface area contributed by atoms with Gasteiger partial charge in [0.25, 0.3) is 5.69 Å². The molecule has 3 N–H and O–H groups in total. The maximum absolute atomic E-state index is 11.0. The van der Waals surface area contributed by atoms with Crippen molar-refractivity contribution in [3.63, 3.8) is 0 Å². The fraction of sp³-hybridized carbons (Fsp3) is 0.250. The Kier molecular flexibility index (Phi) is 4.56. The molecule has 0 amide bonds. The predicted octanol–water partition coefficient (Wildman–Crippen LogP) is 1.96. The summed E-state index contributed by atoms with van der Waals surface area (Å²) in [6, 6.07) is 2.77. The van der Waals surface area contributed by atoms with Crippen LogP contribution >= 0.6 is 0 Å². The van der Waals surface area contributed by atoms with E-state index in [2.05, 4.69) is 0 Å². The van der Waals surface area contributed by atoms with E-state index in [0.717, 1.165) is 0 Å². The van der Waals surface area contributed by atoms with Crippen molar-refractivity contribution in [3.8, 4) is 0 Å². The summed E-state index contributed by atoms with van der Waals surface area (Å²) in [4.78, 5) is 21.3. The second-order valence-corrected chi connectivity index (χ2v) is 3.75. The molecule has 1 aromatic carbocycles. The molecule has 1 aromatic rings. The average Bonchev–Trinajstić information content (AvgIpc) is 2.30. The fourth-order valence-electron chi connectivity index (χ4n) is 1.54. The maximum atomic E-state index is 11.0. The number of hydrogen-bond donors (Lipinski definition) is 2. The second-order valence-electron chi connectivity index (χ2n) is 3.75. The van der Waals surface area contributed by atoms with E-state index in [9.17, 15) is 14.9 Å². The highest BCUT2D eigenvalue weighted by molar-refractivity contribution is 5.91. The molecule has 0 aliphatic rings. The van der Waals surface area contributed by atoms with Gasteiger partial charge in [-0.2, -0.15) is 0 Å². The SMILES string of the molecule is Cc1c(C(=O)O)cc(C=CCCN)cc1[N+](=O)[O-]. The quantitative estimate of drug-likeness (QED) is 0.613. The van der Waals surface area contributed by atoms with Gasteiger partial charge >= 0.3 is 5.97 Å². The van der Waals surface area contributed by atoms with Crippen molar-refractivity contribution in [1.82, 2.24) is 0 Å². The van der Waals surface area contributed by atoms with Crippen molar-refractivity contribution in [2.75, 3.05) is 6.54 Å². The van der Waals surface area contributed by atoms with Gasteiger partial charge in [-0.1, -0.05) is 12.2 Å². The molecule has 6 heteroatoms. The summed E-state index contributed by atoms with van der Waals surface area (Å²) in [5, 5.41) is 19.8. The highest BCUT2D eigenvalue weighted by atomic mass is 16.6. The Morgan fingerprint density at radius 2 is 2.22 bits per heavy atom. The van der Waals surface area contributed by atoms with Crippen LogP contribution in [0.1, 0.15) is 27.9 Å². The number of carboxylic acids is 1. The van der Waals surface area contributed by atoms with E-state index in [-0.39, 0.29) is 16.8 Å². The summed E-state index contributed by atoms with van der Waals surface area (Å²) in [5.74, 6) is -1.18. The topological polar surface area (TPSA) is 106 Å². The van der Waals surface area contributed by atoms with Crippen molar-refractivity contribution in [2.45, 2.75) is 13.3 Å². The Morgan fingerprint density at radius 1 is 1.56 bits per heavy atom. The Bertz CT molecular complexity index is 474. The first-order valence-corrected chi connectivity index (χ1v) is 5.36. The van der Waals surface area contributed by atoms with E-state index >= 15 is 0 Å². The molecule has 0 spiro atoms. The zero-order valence-electron chi connectivity index (χ0n) is 9.92. The minimum atomic E-state index is -1.18. The smallest absolute Gasteiger partial charge is 0.336 e. The van der Waals surface area contributed by atoms with Crippen molar-refractivity contribution in [3.05, 3.63) is 45.0 Å². The molecule has 0 radical (unpaired) electrons. The number of hydrogen-bond acceptors (Lipinski definition) is 4. The van der Waals surface area contributed by atoms with Crippen LogP contribution in [0.4, 0.5) is 5.69 Å². The molecule has 0 heterocycles. The summed E-state index contributed by atoms with van der Waals surface area (Å²) in [6.45, 7) is 1.89. The molecule has 18 heavy (non-hydrogen) atoms. The second kappa shape index (κ2) is 5.92. The molecule has 0 aliphatic carbocycles. The zero-order valence-corrected chi connectivity index (χ0v) is 9.92. The summed E-state index contributed by atoms with van der Waals surface area (Å²) in [5.41, 5.74) is 5.71. The third-order valence-electron chi connectivity index (χ3n) is 2.47. The number of nitro groups is 1. The lowest BCUT2D eigenvalue weighted by atomic mass is 10.0. The van der Waals surface area contributed by atoms with Crippen LogP contribution in [0.15, 0.2) is 18.2 Å².